The maximum absolute atomic E-state index is 5.25. The van der Waals surface area contributed by atoms with Crippen molar-refractivity contribution < 1.29 is 15.2 Å². The lowest BCUT2D eigenvalue weighted by Gasteiger charge is -2.15. The van der Waals surface area contributed by atoms with Crippen LogP contribution in [0.1, 0.15) is 25.5 Å². The standard InChI is InChI=1S/C12H19NO2/c1-8(2)12(13)9-5-6-10(14-3)11(7-9)15-4/h5-8,12H,13H2,1-4H3/p+1. The van der Waals surface area contributed by atoms with Gasteiger partial charge in [-0.05, 0) is 18.2 Å². The van der Waals surface area contributed by atoms with Crippen LogP contribution >= 0.6 is 0 Å². The van der Waals surface area contributed by atoms with E-state index >= 15 is 0 Å². The molecule has 1 unspecified atom stereocenters. The Bertz CT molecular complexity index is 323. The molecule has 1 rings (SSSR count). The quantitative estimate of drug-likeness (QED) is 0.821. The minimum Gasteiger partial charge on any atom is -0.493 e. The van der Waals surface area contributed by atoms with E-state index < -0.39 is 0 Å². The first kappa shape index (κ1) is 11.9. The first-order valence-corrected chi connectivity index (χ1v) is 5.15. The highest BCUT2D eigenvalue weighted by Gasteiger charge is 2.16. The Kier molecular flexibility index (Phi) is 3.97. The number of rotatable bonds is 4. The topological polar surface area (TPSA) is 46.1 Å². The highest BCUT2D eigenvalue weighted by Crippen LogP contribution is 2.30. The summed E-state index contributed by atoms with van der Waals surface area (Å²) < 4.78 is 10.4. The molecule has 0 heterocycles. The number of hydrogen-bond acceptors (Lipinski definition) is 2. The van der Waals surface area contributed by atoms with E-state index in [4.69, 9.17) is 9.47 Å². The van der Waals surface area contributed by atoms with E-state index in [2.05, 4.69) is 19.6 Å². The van der Waals surface area contributed by atoms with E-state index in [1.165, 1.54) is 5.56 Å². The predicted molar refractivity (Wildman–Crippen MR) is 60.0 cm³/mol. The molecule has 0 saturated carbocycles. The van der Waals surface area contributed by atoms with E-state index in [9.17, 15) is 0 Å². The number of benzene rings is 1. The second kappa shape index (κ2) is 5.03. The minimum absolute atomic E-state index is 0.282. The Balaban J connectivity index is 3.02. The van der Waals surface area contributed by atoms with Gasteiger partial charge in [-0.1, -0.05) is 13.8 Å². The van der Waals surface area contributed by atoms with Crippen molar-refractivity contribution in [3.8, 4) is 11.5 Å². The molecule has 3 heteroatoms. The molecule has 1 atom stereocenters. The summed E-state index contributed by atoms with van der Waals surface area (Å²) in [5.74, 6) is 2.05. The summed E-state index contributed by atoms with van der Waals surface area (Å²) in [5.41, 5.74) is 5.33. The molecule has 0 aliphatic carbocycles. The molecule has 0 spiro atoms. The molecule has 0 saturated heterocycles. The highest BCUT2D eigenvalue weighted by atomic mass is 16.5. The molecule has 0 aliphatic heterocycles. The number of ether oxygens (including phenoxy) is 2. The highest BCUT2D eigenvalue weighted by molar-refractivity contribution is 5.43. The fraction of sp³-hybridized carbons (Fsp3) is 0.500. The van der Waals surface area contributed by atoms with Gasteiger partial charge in [0.2, 0.25) is 0 Å². The molecule has 0 fully saturated rings. The Morgan fingerprint density at radius 3 is 2.13 bits per heavy atom. The summed E-state index contributed by atoms with van der Waals surface area (Å²) in [5, 5.41) is 0. The molecule has 15 heavy (non-hydrogen) atoms. The maximum atomic E-state index is 5.25. The lowest BCUT2D eigenvalue weighted by Crippen LogP contribution is -2.55. The first-order chi connectivity index (χ1) is 7.10. The van der Waals surface area contributed by atoms with Crippen molar-refractivity contribution in [3.05, 3.63) is 23.8 Å². The van der Waals surface area contributed by atoms with E-state index in [1.807, 2.05) is 18.2 Å². The minimum atomic E-state index is 0.282. The van der Waals surface area contributed by atoms with Gasteiger partial charge in [0.15, 0.2) is 11.5 Å². The Morgan fingerprint density at radius 1 is 1.07 bits per heavy atom. The van der Waals surface area contributed by atoms with Gasteiger partial charge in [0.1, 0.15) is 6.04 Å². The van der Waals surface area contributed by atoms with Crippen molar-refractivity contribution in [1.82, 2.24) is 0 Å². The van der Waals surface area contributed by atoms with E-state index in [1.54, 1.807) is 14.2 Å². The molecule has 1 aromatic rings. The fourth-order valence-corrected chi connectivity index (χ4v) is 1.47. The van der Waals surface area contributed by atoms with E-state index in [-0.39, 0.29) is 6.04 Å². The lowest BCUT2D eigenvalue weighted by atomic mass is 9.97. The van der Waals surface area contributed by atoms with E-state index in [0.717, 1.165) is 11.5 Å². The molecule has 0 aromatic heterocycles. The van der Waals surface area contributed by atoms with Crippen LogP contribution in [0, 0.1) is 5.92 Å². The molecular formula is C12H20NO2+. The van der Waals surface area contributed by atoms with Crippen molar-refractivity contribution in [3.63, 3.8) is 0 Å². The van der Waals surface area contributed by atoms with Gasteiger partial charge in [0.25, 0.3) is 0 Å². The summed E-state index contributed by atoms with van der Waals surface area (Å²) in [7, 11) is 3.29. The van der Waals surface area contributed by atoms with Gasteiger partial charge in [-0.3, -0.25) is 0 Å². The third-order valence-electron chi connectivity index (χ3n) is 2.64. The molecule has 3 N–H and O–H groups in total. The SMILES string of the molecule is COc1ccc(C([NH3+])C(C)C)cc1OC. The van der Waals surface area contributed by atoms with Crippen LogP contribution in [0.15, 0.2) is 18.2 Å². The predicted octanol–water partition coefficient (Wildman–Crippen LogP) is 1.64. The molecule has 0 bridgehead atoms. The third-order valence-corrected chi connectivity index (χ3v) is 2.64. The lowest BCUT2D eigenvalue weighted by molar-refractivity contribution is -0.438. The van der Waals surface area contributed by atoms with Crippen molar-refractivity contribution in [2.45, 2.75) is 19.9 Å². The van der Waals surface area contributed by atoms with Gasteiger partial charge in [-0.15, -0.1) is 0 Å². The average molecular weight is 210 g/mol. The maximum Gasteiger partial charge on any atom is 0.161 e. The average Bonchev–Trinajstić information content (AvgIpc) is 2.26. The summed E-state index contributed by atoms with van der Waals surface area (Å²) >= 11 is 0. The van der Waals surface area contributed by atoms with Crippen LogP contribution in [0.25, 0.3) is 0 Å². The van der Waals surface area contributed by atoms with Gasteiger partial charge in [0.05, 0.1) is 14.2 Å². The first-order valence-electron chi connectivity index (χ1n) is 5.15. The van der Waals surface area contributed by atoms with E-state index in [0.29, 0.717) is 5.92 Å². The number of methoxy groups -OCH3 is 2. The van der Waals surface area contributed by atoms with Crippen LogP contribution in [-0.2, 0) is 0 Å². The van der Waals surface area contributed by atoms with Crippen LogP contribution in [0.2, 0.25) is 0 Å². The monoisotopic (exact) mass is 210 g/mol. The Morgan fingerprint density at radius 2 is 1.67 bits per heavy atom. The van der Waals surface area contributed by atoms with Crippen LogP contribution in [0.5, 0.6) is 11.5 Å². The van der Waals surface area contributed by atoms with Crippen LogP contribution in [0.4, 0.5) is 0 Å². The van der Waals surface area contributed by atoms with Crippen molar-refractivity contribution in [1.29, 1.82) is 0 Å². The molecular weight excluding hydrogens is 190 g/mol. The van der Waals surface area contributed by atoms with Gasteiger partial charge in [-0.25, -0.2) is 0 Å². The Hall–Kier alpha value is -1.22. The zero-order valence-electron chi connectivity index (χ0n) is 9.91. The second-order valence-corrected chi connectivity index (χ2v) is 3.96. The molecule has 3 nitrogen and oxygen atoms in total. The zero-order chi connectivity index (χ0) is 11.4. The molecule has 0 amide bonds. The summed E-state index contributed by atoms with van der Waals surface area (Å²) in [6, 6.07) is 6.24. The van der Waals surface area contributed by atoms with Crippen LogP contribution < -0.4 is 15.2 Å². The number of quaternary nitrogens is 1. The molecule has 0 radical (unpaired) electrons. The van der Waals surface area contributed by atoms with Crippen molar-refractivity contribution in [2.75, 3.05) is 14.2 Å². The van der Waals surface area contributed by atoms with Gasteiger partial charge in [-0.2, -0.15) is 0 Å². The summed E-state index contributed by atoms with van der Waals surface area (Å²) in [6.07, 6.45) is 0. The van der Waals surface area contributed by atoms with Gasteiger partial charge < -0.3 is 15.2 Å². The largest absolute Gasteiger partial charge is 0.493 e. The van der Waals surface area contributed by atoms with Crippen LogP contribution in [0.3, 0.4) is 0 Å². The smallest absolute Gasteiger partial charge is 0.161 e. The second-order valence-electron chi connectivity index (χ2n) is 3.96. The normalized spacial score (nSPS) is 12.7. The van der Waals surface area contributed by atoms with Crippen molar-refractivity contribution in [2.24, 2.45) is 5.92 Å². The van der Waals surface area contributed by atoms with Gasteiger partial charge >= 0.3 is 0 Å². The summed E-state index contributed by atoms with van der Waals surface area (Å²) in [4.78, 5) is 0. The molecule has 84 valence electrons. The number of hydrogen-bond donors (Lipinski definition) is 1. The van der Waals surface area contributed by atoms with Gasteiger partial charge in [0, 0.05) is 11.5 Å². The fourth-order valence-electron chi connectivity index (χ4n) is 1.47. The Labute approximate surface area is 91.2 Å². The molecule has 1 aromatic carbocycles. The zero-order valence-corrected chi connectivity index (χ0v) is 9.91. The molecule has 0 aliphatic rings. The summed E-state index contributed by atoms with van der Waals surface area (Å²) in [6.45, 7) is 4.32. The van der Waals surface area contributed by atoms with Crippen molar-refractivity contribution >= 4 is 0 Å². The third kappa shape index (κ3) is 2.63. The van der Waals surface area contributed by atoms with Crippen LogP contribution in [-0.4, -0.2) is 14.2 Å².